The van der Waals surface area contributed by atoms with Crippen molar-refractivity contribution in [2.24, 2.45) is 0 Å². The Morgan fingerprint density at radius 2 is 1.84 bits per heavy atom. The highest BCUT2D eigenvalue weighted by Gasteiger charge is 2.17. The van der Waals surface area contributed by atoms with Gasteiger partial charge in [0.15, 0.2) is 5.82 Å². The number of aromatic amines is 2. The molecular weight excluding hydrogens is 494 g/mol. The van der Waals surface area contributed by atoms with Crippen LogP contribution in [0.4, 0.5) is 11.4 Å². The fourth-order valence-electron chi connectivity index (χ4n) is 3.26. The van der Waals surface area contributed by atoms with Crippen LogP contribution in [0.2, 0.25) is 0 Å². The van der Waals surface area contributed by atoms with E-state index in [4.69, 9.17) is 0 Å². The van der Waals surface area contributed by atoms with Gasteiger partial charge in [-0.1, -0.05) is 34.1 Å². The van der Waals surface area contributed by atoms with E-state index in [2.05, 4.69) is 52.2 Å². The average Bonchev–Trinajstić information content (AvgIpc) is 3.56. The van der Waals surface area contributed by atoms with Crippen LogP contribution in [0, 0.1) is 0 Å². The fourth-order valence-corrected chi connectivity index (χ4v) is 4.24. The van der Waals surface area contributed by atoms with E-state index in [-0.39, 0.29) is 11.8 Å². The van der Waals surface area contributed by atoms with Gasteiger partial charge in [0.1, 0.15) is 5.69 Å². The normalized spacial score (nSPS) is 10.9. The number of nitrogens with zero attached hydrogens (tertiary/aromatic N) is 3. The third-order valence-electron chi connectivity index (χ3n) is 4.72. The first-order valence-corrected chi connectivity index (χ1v) is 11.1. The molecule has 0 fully saturated rings. The molecule has 0 atom stereocenters. The van der Waals surface area contributed by atoms with Crippen LogP contribution in [-0.2, 0) is 0 Å². The van der Waals surface area contributed by atoms with Crippen molar-refractivity contribution in [2.75, 3.05) is 10.6 Å². The van der Waals surface area contributed by atoms with Gasteiger partial charge in [0.05, 0.1) is 21.8 Å². The summed E-state index contributed by atoms with van der Waals surface area (Å²) in [6, 6.07) is 16.2. The van der Waals surface area contributed by atoms with Crippen LogP contribution < -0.4 is 10.6 Å². The van der Waals surface area contributed by atoms with Gasteiger partial charge < -0.3 is 15.6 Å². The molecule has 0 aliphatic heterocycles. The Morgan fingerprint density at radius 1 is 0.969 bits per heavy atom. The third-order valence-corrected chi connectivity index (χ3v) is 6.09. The molecule has 0 bridgehead atoms. The number of hydrogen-bond donors (Lipinski definition) is 4. The predicted octanol–water partition coefficient (Wildman–Crippen LogP) is 4.68. The Balaban J connectivity index is 1.44. The number of benzene rings is 2. The number of hydrogen-bond acceptors (Lipinski definition) is 6. The molecule has 3 aromatic heterocycles. The second-order valence-electron chi connectivity index (χ2n) is 6.78. The van der Waals surface area contributed by atoms with Crippen LogP contribution in [0.1, 0.15) is 20.2 Å². The van der Waals surface area contributed by atoms with Crippen LogP contribution in [0.5, 0.6) is 0 Å². The van der Waals surface area contributed by atoms with E-state index in [0.717, 1.165) is 9.86 Å². The minimum atomic E-state index is -0.340. The molecular formula is C21H14BrN7O2S. The number of carbonyl (C=O) groups excluding carboxylic acids is 2. The maximum atomic E-state index is 13.0. The first-order chi connectivity index (χ1) is 15.6. The molecule has 5 aromatic rings. The summed E-state index contributed by atoms with van der Waals surface area (Å²) in [5, 5.41) is 22.3. The Morgan fingerprint density at radius 3 is 2.62 bits per heavy atom. The number of tetrazole rings is 1. The predicted molar refractivity (Wildman–Crippen MR) is 126 cm³/mol. The van der Waals surface area contributed by atoms with Crippen molar-refractivity contribution in [3.05, 3.63) is 75.0 Å². The molecule has 0 unspecified atom stereocenters. The molecule has 5 rings (SSSR count). The molecule has 0 spiro atoms. The Bertz CT molecular complexity index is 1430. The van der Waals surface area contributed by atoms with E-state index in [9.17, 15) is 9.59 Å². The summed E-state index contributed by atoms with van der Waals surface area (Å²) in [7, 11) is 0. The van der Waals surface area contributed by atoms with E-state index in [1.807, 2.05) is 29.6 Å². The summed E-state index contributed by atoms with van der Waals surface area (Å²) in [5.41, 5.74) is 2.79. The Labute approximate surface area is 193 Å². The monoisotopic (exact) mass is 507 g/mol. The van der Waals surface area contributed by atoms with E-state index in [0.29, 0.717) is 38.9 Å². The second kappa shape index (κ2) is 8.36. The minimum Gasteiger partial charge on any atom is -0.349 e. The lowest BCUT2D eigenvalue weighted by Crippen LogP contribution is -2.13. The number of nitrogens with one attached hydrogen (secondary N) is 4. The average molecular weight is 508 g/mol. The standard InChI is InChI=1S/C21H14BrN7O2S/c22-12-6-7-14(13(10-12)19-26-28-29-27-19)24-20(30)16-9-11-3-1-4-15(18(11)23-16)25-21(31)17-5-2-8-32-17/h1-10,23H,(H,24,30)(H,25,31)(H,26,27,28,29). The van der Waals surface area contributed by atoms with E-state index >= 15 is 0 Å². The zero-order valence-corrected chi connectivity index (χ0v) is 18.6. The zero-order chi connectivity index (χ0) is 22.1. The van der Waals surface area contributed by atoms with Crippen molar-refractivity contribution < 1.29 is 9.59 Å². The fraction of sp³-hybridized carbons (Fsp3) is 0. The molecule has 2 aromatic carbocycles. The summed E-state index contributed by atoms with van der Waals surface area (Å²) in [4.78, 5) is 29.2. The van der Waals surface area contributed by atoms with Crippen LogP contribution in [-0.4, -0.2) is 37.4 Å². The molecule has 9 nitrogen and oxygen atoms in total. The minimum absolute atomic E-state index is 0.201. The van der Waals surface area contributed by atoms with Crippen molar-refractivity contribution >= 4 is 61.4 Å². The number of fused-ring (bicyclic) bond motifs is 1. The van der Waals surface area contributed by atoms with Crippen LogP contribution in [0.3, 0.4) is 0 Å². The van der Waals surface area contributed by atoms with Gasteiger partial charge in [-0.2, -0.15) is 0 Å². The number of rotatable bonds is 5. The molecule has 0 saturated heterocycles. The van der Waals surface area contributed by atoms with Gasteiger partial charge in [-0.15, -0.1) is 16.4 Å². The summed E-state index contributed by atoms with van der Waals surface area (Å²) in [6.45, 7) is 0. The molecule has 11 heteroatoms. The van der Waals surface area contributed by atoms with E-state index < -0.39 is 0 Å². The highest BCUT2D eigenvalue weighted by Crippen LogP contribution is 2.30. The van der Waals surface area contributed by atoms with Gasteiger partial charge in [-0.25, -0.2) is 5.10 Å². The number of halogens is 1. The molecule has 4 N–H and O–H groups in total. The molecule has 32 heavy (non-hydrogen) atoms. The van der Waals surface area contributed by atoms with Crippen molar-refractivity contribution in [1.29, 1.82) is 0 Å². The van der Waals surface area contributed by atoms with Crippen LogP contribution in [0.25, 0.3) is 22.3 Å². The van der Waals surface area contributed by atoms with Crippen molar-refractivity contribution in [3.63, 3.8) is 0 Å². The number of para-hydroxylation sites is 1. The van der Waals surface area contributed by atoms with Gasteiger partial charge in [0.25, 0.3) is 11.8 Å². The maximum absolute atomic E-state index is 13.0. The van der Waals surface area contributed by atoms with E-state index in [1.165, 1.54) is 11.3 Å². The van der Waals surface area contributed by atoms with E-state index in [1.54, 1.807) is 30.3 Å². The van der Waals surface area contributed by atoms with Crippen molar-refractivity contribution in [1.82, 2.24) is 25.6 Å². The highest BCUT2D eigenvalue weighted by atomic mass is 79.9. The van der Waals surface area contributed by atoms with Gasteiger partial charge in [0.2, 0.25) is 0 Å². The molecule has 0 radical (unpaired) electrons. The molecule has 0 saturated carbocycles. The third kappa shape index (κ3) is 3.90. The summed E-state index contributed by atoms with van der Waals surface area (Å²) >= 11 is 4.78. The molecule has 0 aliphatic rings. The molecule has 158 valence electrons. The van der Waals surface area contributed by atoms with Crippen molar-refractivity contribution in [2.45, 2.75) is 0 Å². The summed E-state index contributed by atoms with van der Waals surface area (Å²) < 4.78 is 0.818. The van der Waals surface area contributed by atoms with Crippen LogP contribution >= 0.6 is 27.3 Å². The first kappa shape index (κ1) is 20.1. The number of aromatic nitrogens is 5. The van der Waals surface area contributed by atoms with Gasteiger partial charge in [-0.3, -0.25) is 9.59 Å². The number of thiophene rings is 1. The largest absolute Gasteiger partial charge is 0.349 e. The zero-order valence-electron chi connectivity index (χ0n) is 16.2. The number of H-pyrrole nitrogens is 2. The lowest BCUT2D eigenvalue weighted by molar-refractivity contribution is 0.101. The van der Waals surface area contributed by atoms with Gasteiger partial charge in [-0.05, 0) is 52.2 Å². The highest BCUT2D eigenvalue weighted by molar-refractivity contribution is 9.10. The quantitative estimate of drug-likeness (QED) is 0.274. The lowest BCUT2D eigenvalue weighted by atomic mass is 10.1. The summed E-state index contributed by atoms with van der Waals surface area (Å²) in [5.74, 6) is -0.113. The molecule has 2 amide bonds. The lowest BCUT2D eigenvalue weighted by Gasteiger charge is -2.09. The van der Waals surface area contributed by atoms with Gasteiger partial charge in [0, 0.05) is 15.4 Å². The van der Waals surface area contributed by atoms with Gasteiger partial charge >= 0.3 is 0 Å². The van der Waals surface area contributed by atoms with Crippen LogP contribution in [0.15, 0.2) is 64.5 Å². The molecule has 3 heterocycles. The SMILES string of the molecule is O=C(Nc1ccc(Br)cc1-c1nnn[nH]1)c1cc2cccc(NC(=O)c3cccs3)c2[nH]1. The Kier molecular flexibility index (Phi) is 5.25. The maximum Gasteiger partial charge on any atom is 0.272 e. The Hall–Kier alpha value is -3.83. The van der Waals surface area contributed by atoms with Crippen molar-refractivity contribution in [3.8, 4) is 11.4 Å². The number of carbonyl (C=O) groups is 2. The smallest absolute Gasteiger partial charge is 0.272 e. The first-order valence-electron chi connectivity index (χ1n) is 9.40. The summed E-state index contributed by atoms with van der Waals surface area (Å²) in [6.07, 6.45) is 0. The topological polar surface area (TPSA) is 128 Å². The molecule has 0 aliphatic carbocycles. The number of amides is 2. The second-order valence-corrected chi connectivity index (χ2v) is 8.64. The number of anilines is 2.